The minimum Gasteiger partial charge on any atom is -0.352 e. The highest BCUT2D eigenvalue weighted by Crippen LogP contribution is 2.11. The monoisotopic (exact) mass is 253 g/mol. The van der Waals surface area contributed by atoms with Crippen LogP contribution in [0.15, 0.2) is 30.3 Å². The van der Waals surface area contributed by atoms with Gasteiger partial charge in [0.1, 0.15) is 0 Å². The molecule has 0 spiro atoms. The van der Waals surface area contributed by atoms with E-state index in [1.54, 1.807) is 0 Å². The fourth-order valence-corrected chi connectivity index (χ4v) is 2.05. The van der Waals surface area contributed by atoms with Gasteiger partial charge in [-0.15, -0.1) is 11.6 Å². The van der Waals surface area contributed by atoms with Crippen LogP contribution in [0.4, 0.5) is 0 Å². The number of halogens is 1. The van der Waals surface area contributed by atoms with Crippen molar-refractivity contribution >= 4 is 17.5 Å². The predicted molar refractivity (Wildman–Crippen MR) is 72.5 cm³/mol. The van der Waals surface area contributed by atoms with Gasteiger partial charge in [0.05, 0.1) is 0 Å². The lowest BCUT2D eigenvalue weighted by molar-refractivity contribution is 0.0952. The highest BCUT2D eigenvalue weighted by molar-refractivity contribution is 6.18. The molecule has 0 saturated heterocycles. The van der Waals surface area contributed by atoms with Crippen LogP contribution in [0.3, 0.4) is 0 Å². The second-order valence-electron chi connectivity index (χ2n) is 4.19. The van der Waals surface area contributed by atoms with Gasteiger partial charge in [0, 0.05) is 18.0 Å². The normalized spacial score (nSPS) is 12.1. The third-order valence-electron chi connectivity index (χ3n) is 2.91. The first kappa shape index (κ1) is 14.0. The maximum atomic E-state index is 11.7. The Balaban J connectivity index is 2.21. The highest BCUT2D eigenvalue weighted by Gasteiger charge is 2.06. The summed E-state index contributed by atoms with van der Waals surface area (Å²) in [6.07, 6.45) is 3.18. The second-order valence-corrected chi connectivity index (χ2v) is 4.50. The molecule has 0 radical (unpaired) electrons. The van der Waals surface area contributed by atoms with Crippen LogP contribution in [-0.2, 0) is 0 Å². The number of hydrogen-bond acceptors (Lipinski definition) is 1. The van der Waals surface area contributed by atoms with E-state index in [4.69, 9.17) is 11.6 Å². The van der Waals surface area contributed by atoms with Crippen molar-refractivity contribution in [2.75, 3.05) is 12.4 Å². The summed E-state index contributed by atoms with van der Waals surface area (Å²) < 4.78 is 0. The van der Waals surface area contributed by atoms with E-state index in [1.807, 2.05) is 30.3 Å². The lowest BCUT2D eigenvalue weighted by Crippen LogP contribution is -2.24. The van der Waals surface area contributed by atoms with E-state index >= 15 is 0 Å². The van der Waals surface area contributed by atoms with E-state index in [0.717, 1.165) is 31.4 Å². The molecular weight excluding hydrogens is 234 g/mol. The van der Waals surface area contributed by atoms with Crippen molar-refractivity contribution in [1.29, 1.82) is 0 Å². The zero-order chi connectivity index (χ0) is 12.5. The standard InChI is InChI=1S/C14H20ClNO/c1-2-12(11-15)7-6-10-16-14(17)13-8-4-3-5-9-13/h3-5,8-9,12H,2,6-7,10-11H2,1H3,(H,16,17). The Morgan fingerprint density at radius 1 is 1.35 bits per heavy atom. The third kappa shape index (κ3) is 5.22. The van der Waals surface area contributed by atoms with Gasteiger partial charge in [-0.2, -0.15) is 0 Å². The van der Waals surface area contributed by atoms with Gasteiger partial charge in [0.15, 0.2) is 0 Å². The van der Waals surface area contributed by atoms with Gasteiger partial charge in [-0.1, -0.05) is 31.5 Å². The predicted octanol–water partition coefficient (Wildman–Crippen LogP) is 3.46. The topological polar surface area (TPSA) is 29.1 Å². The van der Waals surface area contributed by atoms with Crippen LogP contribution < -0.4 is 5.32 Å². The zero-order valence-electron chi connectivity index (χ0n) is 10.3. The van der Waals surface area contributed by atoms with Crippen molar-refractivity contribution in [3.8, 4) is 0 Å². The van der Waals surface area contributed by atoms with E-state index in [1.165, 1.54) is 0 Å². The van der Waals surface area contributed by atoms with Crippen molar-refractivity contribution in [2.45, 2.75) is 26.2 Å². The first-order chi connectivity index (χ1) is 8.27. The van der Waals surface area contributed by atoms with E-state index < -0.39 is 0 Å². The molecule has 1 N–H and O–H groups in total. The minimum absolute atomic E-state index is 0.00419. The quantitative estimate of drug-likeness (QED) is 0.585. The van der Waals surface area contributed by atoms with Crippen LogP contribution in [0.25, 0.3) is 0 Å². The average molecular weight is 254 g/mol. The molecule has 0 heterocycles. The Hall–Kier alpha value is -1.02. The molecule has 0 aromatic heterocycles. The fraction of sp³-hybridized carbons (Fsp3) is 0.500. The molecule has 1 unspecified atom stereocenters. The van der Waals surface area contributed by atoms with Crippen molar-refractivity contribution in [1.82, 2.24) is 5.32 Å². The number of amides is 1. The van der Waals surface area contributed by atoms with Crippen LogP contribution >= 0.6 is 11.6 Å². The summed E-state index contributed by atoms with van der Waals surface area (Å²) >= 11 is 5.82. The number of rotatable bonds is 7. The molecule has 0 aliphatic heterocycles. The van der Waals surface area contributed by atoms with Gasteiger partial charge in [-0.05, 0) is 30.9 Å². The van der Waals surface area contributed by atoms with Crippen molar-refractivity contribution in [3.63, 3.8) is 0 Å². The maximum Gasteiger partial charge on any atom is 0.251 e. The Labute approximate surface area is 108 Å². The Morgan fingerprint density at radius 2 is 2.06 bits per heavy atom. The van der Waals surface area contributed by atoms with Crippen LogP contribution in [-0.4, -0.2) is 18.3 Å². The summed E-state index contributed by atoms with van der Waals surface area (Å²) in [6, 6.07) is 9.29. The summed E-state index contributed by atoms with van der Waals surface area (Å²) in [5.41, 5.74) is 0.719. The summed E-state index contributed by atoms with van der Waals surface area (Å²) in [5.74, 6) is 1.29. The first-order valence-corrected chi connectivity index (χ1v) is 6.70. The van der Waals surface area contributed by atoms with Gasteiger partial charge >= 0.3 is 0 Å². The Kier molecular flexibility index (Phi) is 6.71. The molecule has 1 atom stereocenters. The summed E-state index contributed by atoms with van der Waals surface area (Å²) in [6.45, 7) is 2.87. The lowest BCUT2D eigenvalue weighted by Gasteiger charge is -2.11. The van der Waals surface area contributed by atoms with Crippen LogP contribution in [0, 0.1) is 5.92 Å². The zero-order valence-corrected chi connectivity index (χ0v) is 11.0. The largest absolute Gasteiger partial charge is 0.352 e. The minimum atomic E-state index is 0.00419. The molecule has 0 fully saturated rings. The molecule has 1 aromatic rings. The van der Waals surface area contributed by atoms with Crippen molar-refractivity contribution in [2.24, 2.45) is 5.92 Å². The number of carbonyl (C=O) groups is 1. The van der Waals surface area contributed by atoms with E-state index in [-0.39, 0.29) is 5.91 Å². The number of hydrogen-bond donors (Lipinski definition) is 1. The summed E-state index contributed by atoms with van der Waals surface area (Å²) in [4.78, 5) is 11.7. The molecule has 94 valence electrons. The fourth-order valence-electron chi connectivity index (χ4n) is 1.67. The van der Waals surface area contributed by atoms with Crippen LogP contribution in [0.5, 0.6) is 0 Å². The Bertz CT molecular complexity index is 322. The number of alkyl halides is 1. The first-order valence-electron chi connectivity index (χ1n) is 6.17. The van der Waals surface area contributed by atoms with Gasteiger partial charge in [-0.25, -0.2) is 0 Å². The molecule has 0 saturated carbocycles. The maximum absolute atomic E-state index is 11.7. The molecule has 1 rings (SSSR count). The second kappa shape index (κ2) is 8.13. The van der Waals surface area contributed by atoms with E-state index in [9.17, 15) is 4.79 Å². The number of carbonyl (C=O) groups excluding carboxylic acids is 1. The molecular formula is C14H20ClNO. The van der Waals surface area contributed by atoms with Gasteiger partial charge in [0.25, 0.3) is 5.91 Å². The SMILES string of the molecule is CCC(CCl)CCCNC(=O)c1ccccc1. The van der Waals surface area contributed by atoms with E-state index in [0.29, 0.717) is 11.8 Å². The molecule has 3 heteroatoms. The van der Waals surface area contributed by atoms with Gasteiger partial charge in [-0.3, -0.25) is 4.79 Å². The van der Waals surface area contributed by atoms with Crippen molar-refractivity contribution in [3.05, 3.63) is 35.9 Å². The van der Waals surface area contributed by atoms with Crippen LogP contribution in [0.2, 0.25) is 0 Å². The average Bonchev–Trinajstić information content (AvgIpc) is 2.40. The number of benzene rings is 1. The van der Waals surface area contributed by atoms with Crippen LogP contribution in [0.1, 0.15) is 36.5 Å². The summed E-state index contributed by atoms with van der Waals surface area (Å²) in [7, 11) is 0. The molecule has 0 aliphatic carbocycles. The van der Waals surface area contributed by atoms with Gasteiger partial charge < -0.3 is 5.32 Å². The number of nitrogens with one attached hydrogen (secondary N) is 1. The summed E-state index contributed by atoms with van der Waals surface area (Å²) in [5, 5.41) is 2.92. The Morgan fingerprint density at radius 3 is 2.65 bits per heavy atom. The molecule has 2 nitrogen and oxygen atoms in total. The molecule has 17 heavy (non-hydrogen) atoms. The van der Waals surface area contributed by atoms with Crippen molar-refractivity contribution < 1.29 is 4.79 Å². The van der Waals surface area contributed by atoms with Gasteiger partial charge in [0.2, 0.25) is 0 Å². The molecule has 1 aromatic carbocycles. The van der Waals surface area contributed by atoms with E-state index in [2.05, 4.69) is 12.2 Å². The highest BCUT2D eigenvalue weighted by atomic mass is 35.5. The lowest BCUT2D eigenvalue weighted by atomic mass is 10.0. The smallest absolute Gasteiger partial charge is 0.251 e. The molecule has 0 bridgehead atoms. The molecule has 0 aliphatic rings. The molecule has 1 amide bonds. The third-order valence-corrected chi connectivity index (χ3v) is 3.34.